The Bertz CT molecular complexity index is 1570. The number of nitrogens with one attached hydrogen (secondary N) is 3. The molecule has 1 aliphatic carbocycles. The van der Waals surface area contributed by atoms with Crippen molar-refractivity contribution in [3.8, 4) is 17.0 Å². The number of halogens is 1. The Morgan fingerprint density at radius 3 is 2.70 bits per heavy atom. The van der Waals surface area contributed by atoms with E-state index in [4.69, 9.17) is 9.37 Å². The third kappa shape index (κ3) is 4.51. The summed E-state index contributed by atoms with van der Waals surface area (Å²) in [5.41, 5.74) is 4.85. The fourth-order valence-corrected chi connectivity index (χ4v) is 5.69. The molecule has 0 saturated heterocycles. The normalized spacial score (nSPS) is 17.6. The summed E-state index contributed by atoms with van der Waals surface area (Å²) in [4.78, 5) is 35.1. The number of aryl methyl sites for hydroxylation is 3. The minimum atomic E-state index is -1.06. The van der Waals surface area contributed by atoms with Gasteiger partial charge in [-0.25, -0.2) is 9.02 Å². The number of rotatable bonds is 7. The number of carbonyl (C=O) groups excluding carboxylic acids is 2. The molecule has 0 bridgehead atoms. The van der Waals surface area contributed by atoms with Gasteiger partial charge < -0.3 is 20.4 Å². The minimum Gasteiger partial charge on any atom is -0.493 e. The molecule has 4 aromatic rings. The number of ether oxygens (including phenoxy) is 1. The van der Waals surface area contributed by atoms with E-state index in [1.54, 1.807) is 18.3 Å². The molecule has 1 unspecified atom stereocenters. The van der Waals surface area contributed by atoms with Crippen LogP contribution < -0.4 is 15.4 Å². The van der Waals surface area contributed by atoms with Gasteiger partial charge in [0.05, 0.1) is 24.2 Å². The van der Waals surface area contributed by atoms with Gasteiger partial charge >= 0.3 is 0 Å². The Hall–Kier alpha value is -4.54. The van der Waals surface area contributed by atoms with Gasteiger partial charge in [-0.2, -0.15) is 0 Å². The number of amides is 2. The van der Waals surface area contributed by atoms with E-state index in [-0.39, 0.29) is 5.69 Å². The largest absolute Gasteiger partial charge is 0.493 e. The van der Waals surface area contributed by atoms with Gasteiger partial charge in [0.2, 0.25) is 5.91 Å². The minimum absolute atomic E-state index is 0.0138. The number of benzene rings is 1. The highest BCUT2D eigenvalue weighted by molar-refractivity contribution is 6.01. The van der Waals surface area contributed by atoms with Gasteiger partial charge in [0.25, 0.3) is 5.91 Å². The molecule has 3 N–H and O–H groups in total. The lowest BCUT2D eigenvalue weighted by Crippen LogP contribution is -2.52. The standard InChI is InChI=1S/C29H29FN6O4/c1-4-20-25(36-40-35-20)27(37)34-26(24-19-11-17(30)5-8-22(19)39-14-29(24)9-10-29)28(38)33-18-6-7-21(32-13-18)23-15(2)12-31-16(23)3/h5-8,11-13,24,26,31H,4,9-10,14H2,1-3H3,(H,33,38)(H,34,37)/t24?,26-/m0/s1. The Morgan fingerprint density at radius 1 is 1.20 bits per heavy atom. The highest BCUT2D eigenvalue weighted by atomic mass is 19.1. The van der Waals surface area contributed by atoms with E-state index in [9.17, 15) is 14.0 Å². The fraction of sp³-hybridized carbons (Fsp3) is 0.345. The quantitative estimate of drug-likeness (QED) is 0.312. The zero-order valence-corrected chi connectivity index (χ0v) is 22.4. The topological polar surface area (TPSA) is 135 Å². The SMILES string of the molecule is CCc1nonc1C(=O)N[C@H](C(=O)Nc1ccc(-c2c(C)c[nH]c2C)nc1)C1c2cc(F)ccc2OCC12CC2. The second-order valence-electron chi connectivity index (χ2n) is 10.6. The summed E-state index contributed by atoms with van der Waals surface area (Å²) >= 11 is 0. The lowest BCUT2D eigenvalue weighted by atomic mass is 9.75. The van der Waals surface area contributed by atoms with Crippen molar-refractivity contribution in [3.63, 3.8) is 0 Å². The van der Waals surface area contributed by atoms with E-state index >= 15 is 0 Å². The first kappa shape index (κ1) is 25.7. The molecular weight excluding hydrogens is 515 g/mol. The Morgan fingerprint density at radius 2 is 2.02 bits per heavy atom. The molecule has 1 fully saturated rings. The van der Waals surface area contributed by atoms with Crippen molar-refractivity contribution in [1.29, 1.82) is 0 Å². The van der Waals surface area contributed by atoms with Crippen LogP contribution in [0.15, 0.2) is 47.4 Å². The molecule has 1 aromatic carbocycles. The van der Waals surface area contributed by atoms with Crippen LogP contribution in [0, 0.1) is 25.1 Å². The molecule has 1 saturated carbocycles. The molecule has 2 aliphatic rings. The fourth-order valence-electron chi connectivity index (χ4n) is 5.69. The predicted molar refractivity (Wildman–Crippen MR) is 143 cm³/mol. The lowest BCUT2D eigenvalue weighted by molar-refractivity contribution is -0.119. The van der Waals surface area contributed by atoms with Crippen molar-refractivity contribution in [2.45, 2.75) is 52.0 Å². The second kappa shape index (κ2) is 9.89. The van der Waals surface area contributed by atoms with E-state index in [1.165, 1.54) is 12.1 Å². The van der Waals surface area contributed by atoms with Crippen molar-refractivity contribution in [2.75, 3.05) is 11.9 Å². The van der Waals surface area contributed by atoms with Crippen molar-refractivity contribution in [1.82, 2.24) is 25.6 Å². The number of aromatic amines is 1. The first-order valence-corrected chi connectivity index (χ1v) is 13.3. The maximum Gasteiger partial charge on any atom is 0.276 e. The first-order chi connectivity index (χ1) is 19.3. The van der Waals surface area contributed by atoms with Crippen molar-refractivity contribution >= 4 is 17.5 Å². The van der Waals surface area contributed by atoms with Gasteiger partial charge in [-0.05, 0) is 74.2 Å². The number of hydrogen-bond acceptors (Lipinski definition) is 7. The molecule has 1 aliphatic heterocycles. The van der Waals surface area contributed by atoms with Crippen molar-refractivity contribution in [2.24, 2.45) is 5.41 Å². The Balaban J connectivity index is 1.34. The molecule has 0 radical (unpaired) electrons. The number of hydrogen-bond donors (Lipinski definition) is 3. The van der Waals surface area contributed by atoms with Gasteiger partial charge in [-0.1, -0.05) is 12.1 Å². The Labute approximate surface area is 229 Å². The predicted octanol–water partition coefficient (Wildman–Crippen LogP) is 4.47. The monoisotopic (exact) mass is 544 g/mol. The third-order valence-electron chi connectivity index (χ3n) is 7.94. The number of pyridine rings is 1. The van der Waals surface area contributed by atoms with Gasteiger partial charge in [0.1, 0.15) is 23.3 Å². The van der Waals surface area contributed by atoms with Crippen LogP contribution in [0.3, 0.4) is 0 Å². The molecule has 206 valence electrons. The number of carbonyl (C=O) groups is 2. The molecule has 2 atom stereocenters. The maximum absolute atomic E-state index is 14.5. The summed E-state index contributed by atoms with van der Waals surface area (Å²) in [6.07, 6.45) is 5.50. The third-order valence-corrected chi connectivity index (χ3v) is 7.94. The maximum atomic E-state index is 14.5. The zero-order chi connectivity index (χ0) is 28.0. The summed E-state index contributed by atoms with van der Waals surface area (Å²) in [6, 6.07) is 6.82. The second-order valence-corrected chi connectivity index (χ2v) is 10.6. The number of fused-ring (bicyclic) bond motifs is 1. The molecule has 3 aromatic heterocycles. The summed E-state index contributed by atoms with van der Waals surface area (Å²) < 4.78 is 25.2. The van der Waals surface area contributed by atoms with Crippen molar-refractivity contribution in [3.05, 3.63) is 76.8 Å². The number of aromatic nitrogens is 4. The summed E-state index contributed by atoms with van der Waals surface area (Å²) in [5, 5.41) is 13.3. The first-order valence-electron chi connectivity index (χ1n) is 13.3. The Kier molecular flexibility index (Phi) is 6.36. The van der Waals surface area contributed by atoms with Crippen LogP contribution in [0.1, 0.15) is 58.7 Å². The van der Waals surface area contributed by atoms with E-state index in [0.717, 1.165) is 35.4 Å². The highest BCUT2D eigenvalue weighted by Gasteiger charge is 2.58. The average Bonchev–Trinajstić information content (AvgIpc) is 3.39. The smallest absolute Gasteiger partial charge is 0.276 e. The number of nitrogens with zero attached hydrogens (tertiary/aromatic N) is 3. The van der Waals surface area contributed by atoms with Crippen LogP contribution in [-0.4, -0.2) is 44.7 Å². The van der Waals surface area contributed by atoms with E-state index in [2.05, 4.69) is 30.9 Å². The van der Waals surface area contributed by atoms with Gasteiger partial charge in [0, 0.05) is 34.4 Å². The van der Waals surface area contributed by atoms with Crippen LogP contribution in [0.2, 0.25) is 0 Å². The molecular formula is C29H29FN6O4. The van der Waals surface area contributed by atoms with Gasteiger partial charge in [0.15, 0.2) is 5.69 Å². The molecule has 10 nitrogen and oxygen atoms in total. The molecule has 1 spiro atoms. The summed E-state index contributed by atoms with van der Waals surface area (Å²) in [5.74, 6) is -1.53. The molecule has 4 heterocycles. The van der Waals surface area contributed by atoms with Crippen LogP contribution in [0.25, 0.3) is 11.3 Å². The van der Waals surface area contributed by atoms with Crippen LogP contribution >= 0.6 is 0 Å². The van der Waals surface area contributed by atoms with Crippen LogP contribution in [0.4, 0.5) is 10.1 Å². The molecule has 11 heteroatoms. The summed E-state index contributed by atoms with van der Waals surface area (Å²) in [7, 11) is 0. The van der Waals surface area contributed by atoms with Crippen LogP contribution in [0.5, 0.6) is 5.75 Å². The molecule has 6 rings (SSSR count). The highest BCUT2D eigenvalue weighted by Crippen LogP contribution is 2.61. The van der Waals surface area contributed by atoms with E-state index in [0.29, 0.717) is 35.7 Å². The van der Waals surface area contributed by atoms with E-state index < -0.39 is 35.0 Å². The van der Waals surface area contributed by atoms with Gasteiger partial charge in [-0.15, -0.1) is 0 Å². The lowest BCUT2D eigenvalue weighted by Gasteiger charge is -2.38. The van der Waals surface area contributed by atoms with Crippen LogP contribution in [-0.2, 0) is 11.2 Å². The van der Waals surface area contributed by atoms with E-state index in [1.807, 2.05) is 33.0 Å². The van der Waals surface area contributed by atoms with Gasteiger partial charge in [-0.3, -0.25) is 14.6 Å². The number of anilines is 1. The average molecular weight is 545 g/mol. The number of H-pyrrole nitrogens is 1. The molecule has 2 amide bonds. The molecule has 40 heavy (non-hydrogen) atoms. The van der Waals surface area contributed by atoms with Crippen molar-refractivity contribution < 1.29 is 23.3 Å². The zero-order valence-electron chi connectivity index (χ0n) is 22.4. The summed E-state index contributed by atoms with van der Waals surface area (Å²) in [6.45, 7) is 6.17.